The number of aromatic amines is 2. The third-order valence-electron chi connectivity index (χ3n) is 12.1. The number of nitrogens with zero attached hydrogens (tertiary/aromatic N) is 5. The van der Waals surface area contributed by atoms with Crippen molar-refractivity contribution in [1.29, 1.82) is 0 Å². The van der Waals surface area contributed by atoms with Crippen LogP contribution in [-0.4, -0.2) is 105 Å². The monoisotopic (exact) mass is 831 g/mol. The number of aromatic nitrogens is 4. The minimum atomic E-state index is -0.703. The number of amides is 5. The number of ether oxygens (including phenoxy) is 3. The molecule has 3 aliphatic rings. The number of imidazole rings is 2. The Kier molecular flexibility index (Phi) is 12.2. The molecule has 0 spiro atoms. The SMILES string of the molecule is COC(=O)NN(C(=O)[C@@H]1CCCC[C@@H]1c1ncc(-c2ccc3cc(-c4ccc(-c5cnc([C@@H]6CCCN6C(=O)N(NC(=O)OC)C6CCOC6)[nH]5)cc4)ccc3c2)[nH]1)C(C)C. The Morgan fingerprint density at radius 2 is 1.38 bits per heavy atom. The quantitative estimate of drug-likeness (QED) is 0.114. The molecule has 1 aliphatic carbocycles. The number of hydrazine groups is 2. The maximum absolute atomic E-state index is 13.8. The zero-order chi connectivity index (χ0) is 42.6. The van der Waals surface area contributed by atoms with Crippen LogP contribution < -0.4 is 10.9 Å². The first kappa shape index (κ1) is 41.3. The van der Waals surface area contributed by atoms with Crippen LogP contribution in [0.4, 0.5) is 14.4 Å². The van der Waals surface area contributed by atoms with Gasteiger partial charge in [-0.1, -0.05) is 61.4 Å². The average molecular weight is 832 g/mol. The van der Waals surface area contributed by atoms with Gasteiger partial charge in [-0.2, -0.15) is 0 Å². The highest BCUT2D eigenvalue weighted by Gasteiger charge is 2.40. The molecule has 0 bridgehead atoms. The second kappa shape index (κ2) is 18.1. The van der Waals surface area contributed by atoms with Gasteiger partial charge in [0.1, 0.15) is 11.6 Å². The van der Waals surface area contributed by atoms with Crippen LogP contribution in [0.1, 0.15) is 82.4 Å². The van der Waals surface area contributed by atoms with Crippen molar-refractivity contribution in [2.24, 2.45) is 5.92 Å². The Balaban J connectivity index is 0.941. The van der Waals surface area contributed by atoms with Gasteiger partial charge in [-0.05, 0) is 85.5 Å². The van der Waals surface area contributed by atoms with Crippen LogP contribution in [-0.2, 0) is 19.0 Å². The van der Waals surface area contributed by atoms with Gasteiger partial charge in [-0.25, -0.2) is 45.2 Å². The van der Waals surface area contributed by atoms with Crippen molar-refractivity contribution >= 4 is 34.9 Å². The molecule has 4 N–H and O–H groups in total. The fourth-order valence-electron chi connectivity index (χ4n) is 8.86. The molecule has 1 unspecified atom stereocenters. The molecule has 8 rings (SSSR count). The van der Waals surface area contributed by atoms with E-state index in [2.05, 4.69) is 81.5 Å². The third kappa shape index (κ3) is 8.76. The average Bonchev–Trinajstić information content (AvgIpc) is 4.15. The molecule has 2 aromatic heterocycles. The topological polar surface area (TPSA) is 187 Å². The first-order valence-electron chi connectivity index (χ1n) is 21.1. The Bertz CT molecular complexity index is 2370. The van der Waals surface area contributed by atoms with E-state index in [0.29, 0.717) is 32.0 Å². The van der Waals surface area contributed by atoms with Gasteiger partial charge in [-0.3, -0.25) is 4.79 Å². The summed E-state index contributed by atoms with van der Waals surface area (Å²) in [5, 5.41) is 4.92. The standard InChI is InChI=1S/C45H53N9O7/c1-27(2)53(50-43(56)59-3)42(55)36-9-6-5-8-35(36)40-46-25-38(48-40)33-18-17-31-22-30(15-16-32(31)23-33)28-11-13-29(14-12-28)37-24-47-41(49-37)39-10-7-20-52(39)45(58)54(51-44(57)60-4)34-19-21-61-26-34/h11-18,22-25,27,34-36,39H,5-10,19-21,26H2,1-4H3,(H,46,48)(H,47,49)(H,50,56)(H,51,57)/t34?,35-,36+,39-/m0/s1. The predicted molar refractivity (Wildman–Crippen MR) is 227 cm³/mol. The highest BCUT2D eigenvalue weighted by Crippen LogP contribution is 2.39. The van der Waals surface area contributed by atoms with Crippen LogP contribution in [0.15, 0.2) is 73.1 Å². The normalized spacial score (nSPS) is 20.1. The second-order valence-corrected chi connectivity index (χ2v) is 16.2. The highest BCUT2D eigenvalue weighted by molar-refractivity contribution is 5.91. The van der Waals surface area contributed by atoms with Crippen LogP contribution >= 0.6 is 0 Å². The lowest BCUT2D eigenvalue weighted by Gasteiger charge is -2.35. The molecule has 3 aromatic carbocycles. The van der Waals surface area contributed by atoms with Crippen LogP contribution in [0.2, 0.25) is 0 Å². The number of carbonyl (C=O) groups excluding carboxylic acids is 4. The van der Waals surface area contributed by atoms with Crippen LogP contribution in [0.5, 0.6) is 0 Å². The number of methoxy groups -OCH3 is 2. The number of nitrogens with one attached hydrogen (secondary N) is 4. The lowest BCUT2D eigenvalue weighted by Crippen LogP contribution is -2.56. The summed E-state index contributed by atoms with van der Waals surface area (Å²) < 4.78 is 15.1. The summed E-state index contributed by atoms with van der Waals surface area (Å²) in [4.78, 5) is 69.9. The summed E-state index contributed by atoms with van der Waals surface area (Å²) in [6, 6.07) is 20.0. The van der Waals surface area contributed by atoms with Crippen LogP contribution in [0.25, 0.3) is 44.4 Å². The van der Waals surface area contributed by atoms with Crippen molar-refractivity contribution in [2.45, 2.75) is 82.8 Å². The van der Waals surface area contributed by atoms with Gasteiger partial charge in [0.25, 0.3) is 0 Å². The number of hydrogen-bond donors (Lipinski definition) is 4. The minimum Gasteiger partial charge on any atom is -0.452 e. The predicted octanol–water partition coefficient (Wildman–Crippen LogP) is 7.69. The zero-order valence-electron chi connectivity index (χ0n) is 35.0. The van der Waals surface area contributed by atoms with Gasteiger partial charge in [0.05, 0.1) is 56.7 Å². The molecule has 320 valence electrons. The van der Waals surface area contributed by atoms with E-state index in [1.54, 1.807) is 11.1 Å². The number of rotatable bonds is 8. The number of carbonyl (C=O) groups is 4. The van der Waals surface area contributed by atoms with Crippen molar-refractivity contribution in [2.75, 3.05) is 34.0 Å². The summed E-state index contributed by atoms with van der Waals surface area (Å²) in [6.45, 7) is 5.13. The molecule has 2 saturated heterocycles. The van der Waals surface area contributed by atoms with Crippen molar-refractivity contribution < 1.29 is 33.4 Å². The van der Waals surface area contributed by atoms with E-state index in [-0.39, 0.29) is 41.9 Å². The number of benzene rings is 3. The van der Waals surface area contributed by atoms with Crippen LogP contribution in [0.3, 0.4) is 0 Å². The van der Waals surface area contributed by atoms with Crippen molar-refractivity contribution in [3.8, 4) is 33.6 Å². The molecule has 2 aliphatic heterocycles. The molecule has 1 saturated carbocycles. The van der Waals surface area contributed by atoms with Gasteiger partial charge in [0, 0.05) is 36.6 Å². The molecule has 5 amide bonds. The highest BCUT2D eigenvalue weighted by atomic mass is 16.5. The van der Waals surface area contributed by atoms with E-state index >= 15 is 0 Å². The van der Waals surface area contributed by atoms with E-state index in [9.17, 15) is 19.2 Å². The molecule has 61 heavy (non-hydrogen) atoms. The maximum Gasteiger partial charge on any atom is 0.425 e. The maximum atomic E-state index is 13.8. The molecule has 3 fully saturated rings. The Hall–Kier alpha value is -6.42. The lowest BCUT2D eigenvalue weighted by atomic mass is 9.78. The number of fused-ring (bicyclic) bond motifs is 1. The van der Waals surface area contributed by atoms with E-state index in [0.717, 1.165) is 88.8 Å². The molecule has 16 nitrogen and oxygen atoms in total. The number of H-pyrrole nitrogens is 2. The second-order valence-electron chi connectivity index (χ2n) is 16.2. The number of likely N-dealkylation sites (tertiary alicyclic amines) is 1. The van der Waals surface area contributed by atoms with E-state index in [1.165, 1.54) is 24.2 Å². The smallest absolute Gasteiger partial charge is 0.425 e. The molecule has 5 aromatic rings. The molecular weight excluding hydrogens is 779 g/mol. The summed E-state index contributed by atoms with van der Waals surface area (Å²) in [5.41, 5.74) is 11.1. The molecule has 0 radical (unpaired) electrons. The van der Waals surface area contributed by atoms with Crippen molar-refractivity contribution in [1.82, 2.24) is 45.7 Å². The minimum absolute atomic E-state index is 0.0966. The third-order valence-corrected chi connectivity index (χ3v) is 12.1. The lowest BCUT2D eigenvalue weighted by molar-refractivity contribution is -0.142. The summed E-state index contributed by atoms with van der Waals surface area (Å²) in [6.07, 6.45) is 7.93. The summed E-state index contributed by atoms with van der Waals surface area (Å²) >= 11 is 0. The zero-order valence-corrected chi connectivity index (χ0v) is 35.0. The van der Waals surface area contributed by atoms with Gasteiger partial charge >= 0.3 is 18.2 Å². The first-order chi connectivity index (χ1) is 29.6. The van der Waals surface area contributed by atoms with E-state index in [1.807, 2.05) is 20.0 Å². The van der Waals surface area contributed by atoms with E-state index in [4.69, 9.17) is 24.2 Å². The summed E-state index contributed by atoms with van der Waals surface area (Å²) in [7, 11) is 2.55. The summed E-state index contributed by atoms with van der Waals surface area (Å²) in [5.74, 6) is 0.929. The van der Waals surface area contributed by atoms with Crippen molar-refractivity contribution in [3.63, 3.8) is 0 Å². The largest absolute Gasteiger partial charge is 0.452 e. The Morgan fingerprint density at radius 3 is 2.08 bits per heavy atom. The van der Waals surface area contributed by atoms with Gasteiger partial charge in [0.15, 0.2) is 0 Å². The van der Waals surface area contributed by atoms with Gasteiger partial charge in [-0.15, -0.1) is 0 Å². The van der Waals surface area contributed by atoms with Gasteiger partial charge in [0.2, 0.25) is 5.91 Å². The number of hydrogen-bond acceptors (Lipinski definition) is 9. The molecule has 16 heteroatoms. The molecule has 4 heterocycles. The Labute approximate surface area is 354 Å². The Morgan fingerprint density at radius 1 is 0.754 bits per heavy atom. The van der Waals surface area contributed by atoms with Crippen LogP contribution in [0, 0.1) is 5.92 Å². The fourth-order valence-corrected chi connectivity index (χ4v) is 8.86. The van der Waals surface area contributed by atoms with Crippen molar-refractivity contribution in [3.05, 3.63) is 84.7 Å². The molecule has 4 atom stereocenters. The first-order valence-corrected chi connectivity index (χ1v) is 21.1. The number of urea groups is 1. The fraction of sp³-hybridized carbons (Fsp3) is 0.422. The van der Waals surface area contributed by atoms with Gasteiger partial charge < -0.3 is 29.1 Å². The van der Waals surface area contributed by atoms with E-state index < -0.39 is 12.2 Å². The molecular formula is C45H53N9O7.